The van der Waals surface area contributed by atoms with E-state index in [0.29, 0.717) is 13.0 Å². The number of rotatable bonds is 10. The van der Waals surface area contributed by atoms with Gasteiger partial charge < -0.3 is 9.45 Å². The molecule has 0 bridgehead atoms. The molecule has 0 unspecified atom stereocenters. The van der Waals surface area contributed by atoms with Gasteiger partial charge in [-0.15, -0.1) is 0 Å². The van der Waals surface area contributed by atoms with Gasteiger partial charge in [0.05, 0.1) is 10.1 Å². The van der Waals surface area contributed by atoms with Gasteiger partial charge >= 0.3 is 29.6 Å². The predicted octanol–water partition coefficient (Wildman–Crippen LogP) is 0.357. The SMILES string of the molecule is CCCCN(CCCS(=O)(=O)[O-])c1cc(CC)cc(CC)c1.[Na+]. The molecule has 126 valence electrons. The molecule has 0 aliphatic carbocycles. The molecule has 23 heavy (non-hydrogen) atoms. The Hall–Kier alpha value is -0.0700. The summed E-state index contributed by atoms with van der Waals surface area (Å²) in [5.74, 6) is -0.288. The van der Waals surface area contributed by atoms with Crippen LogP contribution in [0.4, 0.5) is 5.69 Å². The van der Waals surface area contributed by atoms with Gasteiger partial charge in [-0.25, -0.2) is 8.42 Å². The summed E-state index contributed by atoms with van der Waals surface area (Å²) in [4.78, 5) is 2.22. The maximum absolute atomic E-state index is 10.8. The maximum atomic E-state index is 10.8. The Bertz CT molecular complexity index is 539. The van der Waals surface area contributed by atoms with Crippen LogP contribution in [-0.4, -0.2) is 31.8 Å². The normalized spacial score (nSPS) is 11.1. The monoisotopic (exact) mass is 349 g/mol. The maximum Gasteiger partial charge on any atom is 1.00 e. The molecule has 6 heteroatoms. The summed E-state index contributed by atoms with van der Waals surface area (Å²) in [5, 5.41) is 0. The Morgan fingerprint density at radius 2 is 1.48 bits per heavy atom. The van der Waals surface area contributed by atoms with Crippen LogP contribution in [0, 0.1) is 0 Å². The molecular formula is C17H28NNaO3S. The minimum Gasteiger partial charge on any atom is -0.748 e. The second kappa shape index (κ2) is 11.5. The van der Waals surface area contributed by atoms with E-state index in [1.807, 2.05) is 0 Å². The van der Waals surface area contributed by atoms with Crippen LogP contribution in [0.3, 0.4) is 0 Å². The van der Waals surface area contributed by atoms with Crippen molar-refractivity contribution in [3.63, 3.8) is 0 Å². The van der Waals surface area contributed by atoms with E-state index in [4.69, 9.17) is 0 Å². The third-order valence-electron chi connectivity index (χ3n) is 3.82. The molecular weight excluding hydrogens is 321 g/mol. The van der Waals surface area contributed by atoms with Crippen LogP contribution < -0.4 is 34.5 Å². The summed E-state index contributed by atoms with van der Waals surface area (Å²) in [7, 11) is -4.12. The molecule has 0 atom stereocenters. The molecule has 0 saturated carbocycles. The summed E-state index contributed by atoms with van der Waals surface area (Å²) in [6.07, 6.45) is 4.49. The molecule has 1 aromatic carbocycles. The first-order valence-electron chi connectivity index (χ1n) is 8.21. The number of anilines is 1. The molecule has 0 heterocycles. The Labute approximate surface area is 163 Å². The van der Waals surface area contributed by atoms with Gasteiger partial charge in [0.1, 0.15) is 0 Å². The quantitative estimate of drug-likeness (QED) is 0.452. The molecule has 0 aromatic heterocycles. The van der Waals surface area contributed by atoms with Crippen molar-refractivity contribution in [2.75, 3.05) is 23.7 Å². The Balaban J connectivity index is 0.00000484. The summed E-state index contributed by atoms with van der Waals surface area (Å²) < 4.78 is 32.4. The Morgan fingerprint density at radius 1 is 0.957 bits per heavy atom. The van der Waals surface area contributed by atoms with Crippen molar-refractivity contribution in [2.24, 2.45) is 0 Å². The molecule has 0 N–H and O–H groups in total. The number of nitrogens with zero attached hydrogens (tertiary/aromatic N) is 1. The molecule has 1 aromatic rings. The van der Waals surface area contributed by atoms with Crippen molar-refractivity contribution < 1.29 is 42.5 Å². The van der Waals surface area contributed by atoms with Crippen LogP contribution >= 0.6 is 0 Å². The fraction of sp³-hybridized carbons (Fsp3) is 0.647. The van der Waals surface area contributed by atoms with Crippen molar-refractivity contribution in [2.45, 2.75) is 52.9 Å². The molecule has 0 aliphatic heterocycles. The van der Waals surface area contributed by atoms with Gasteiger partial charge in [-0.3, -0.25) is 0 Å². The smallest absolute Gasteiger partial charge is 0.748 e. The number of hydrogen-bond acceptors (Lipinski definition) is 4. The van der Waals surface area contributed by atoms with Gasteiger partial charge in [0.15, 0.2) is 0 Å². The van der Waals surface area contributed by atoms with Gasteiger partial charge in [0.25, 0.3) is 0 Å². The minimum absolute atomic E-state index is 0. The Kier molecular flexibility index (Phi) is 11.4. The van der Waals surface area contributed by atoms with E-state index in [-0.39, 0.29) is 35.3 Å². The molecule has 0 amide bonds. The van der Waals surface area contributed by atoms with E-state index in [1.54, 1.807) is 0 Å². The summed E-state index contributed by atoms with van der Waals surface area (Å²) in [6, 6.07) is 6.59. The summed E-state index contributed by atoms with van der Waals surface area (Å²) in [5.41, 5.74) is 3.74. The van der Waals surface area contributed by atoms with Gasteiger partial charge in [-0.1, -0.05) is 33.3 Å². The molecule has 0 aliphatic rings. The minimum atomic E-state index is -4.12. The first kappa shape index (κ1) is 22.9. The standard InChI is InChI=1S/C17H29NO3S.Na/c1-4-7-9-18(10-8-11-22(19,20)21)17-13-15(5-2)12-16(6-3)14-17;/h12-14H,4-11H2,1-3H3,(H,19,20,21);/q;+1/p-1. The molecule has 1 rings (SSSR count). The number of unbranched alkanes of at least 4 members (excludes halogenated alkanes) is 1. The largest absolute Gasteiger partial charge is 1.00 e. The summed E-state index contributed by atoms with van der Waals surface area (Å²) in [6.45, 7) is 7.92. The van der Waals surface area contributed by atoms with Gasteiger partial charge in [0, 0.05) is 24.5 Å². The van der Waals surface area contributed by atoms with E-state index < -0.39 is 10.1 Å². The zero-order valence-corrected chi connectivity index (χ0v) is 17.8. The summed E-state index contributed by atoms with van der Waals surface area (Å²) >= 11 is 0. The van der Waals surface area contributed by atoms with Crippen molar-refractivity contribution in [1.29, 1.82) is 0 Å². The van der Waals surface area contributed by atoms with Crippen LogP contribution in [0.15, 0.2) is 18.2 Å². The zero-order valence-electron chi connectivity index (χ0n) is 15.0. The topological polar surface area (TPSA) is 60.4 Å². The number of hydrogen-bond donors (Lipinski definition) is 0. The molecule has 0 saturated heterocycles. The third-order valence-corrected chi connectivity index (χ3v) is 4.61. The van der Waals surface area contributed by atoms with E-state index in [1.165, 1.54) is 11.1 Å². The first-order chi connectivity index (χ1) is 10.4. The van der Waals surface area contributed by atoms with Crippen molar-refractivity contribution in [1.82, 2.24) is 0 Å². The van der Waals surface area contributed by atoms with E-state index in [9.17, 15) is 13.0 Å². The predicted molar refractivity (Wildman–Crippen MR) is 91.5 cm³/mol. The third kappa shape index (κ3) is 9.11. The average molecular weight is 349 g/mol. The van der Waals surface area contributed by atoms with Crippen LogP contribution in [-0.2, 0) is 23.0 Å². The second-order valence-corrected chi connectivity index (χ2v) is 7.19. The van der Waals surface area contributed by atoms with E-state index in [0.717, 1.165) is 37.9 Å². The van der Waals surface area contributed by atoms with Crippen LogP contribution in [0.1, 0.15) is 51.2 Å². The van der Waals surface area contributed by atoms with E-state index in [2.05, 4.69) is 43.9 Å². The van der Waals surface area contributed by atoms with Crippen molar-refractivity contribution in [3.8, 4) is 0 Å². The van der Waals surface area contributed by atoms with E-state index >= 15 is 0 Å². The molecule has 0 radical (unpaired) electrons. The zero-order chi connectivity index (χ0) is 16.6. The average Bonchev–Trinajstić information content (AvgIpc) is 2.48. The van der Waals surface area contributed by atoms with Gasteiger partial charge in [-0.2, -0.15) is 0 Å². The van der Waals surface area contributed by atoms with Crippen LogP contribution in [0.25, 0.3) is 0 Å². The Morgan fingerprint density at radius 3 is 1.91 bits per heavy atom. The van der Waals surface area contributed by atoms with Gasteiger partial charge in [0.2, 0.25) is 0 Å². The number of benzene rings is 1. The fourth-order valence-corrected chi connectivity index (χ4v) is 2.97. The fourth-order valence-electron chi connectivity index (χ4n) is 2.49. The van der Waals surface area contributed by atoms with Gasteiger partial charge in [-0.05, 0) is 48.9 Å². The van der Waals surface area contributed by atoms with Crippen LogP contribution in [0.5, 0.6) is 0 Å². The molecule has 0 spiro atoms. The molecule has 4 nitrogen and oxygen atoms in total. The van der Waals surface area contributed by atoms with Crippen molar-refractivity contribution >= 4 is 15.8 Å². The van der Waals surface area contributed by atoms with Crippen LogP contribution in [0.2, 0.25) is 0 Å². The molecule has 0 fully saturated rings. The number of aryl methyl sites for hydroxylation is 2. The second-order valence-electron chi connectivity index (χ2n) is 5.67. The van der Waals surface area contributed by atoms with Crippen molar-refractivity contribution in [3.05, 3.63) is 29.3 Å². The first-order valence-corrected chi connectivity index (χ1v) is 9.78.